The number of methoxy groups -OCH3 is 1. The second kappa shape index (κ2) is 8.85. The normalized spacial score (nSPS) is 15.0. The Hall–Kier alpha value is -2.61. The van der Waals surface area contributed by atoms with Gasteiger partial charge in [-0.1, -0.05) is 5.16 Å². The van der Waals surface area contributed by atoms with Gasteiger partial charge in [0.25, 0.3) is 0 Å². The Kier molecular flexibility index (Phi) is 6.28. The Morgan fingerprint density at radius 1 is 1.22 bits per heavy atom. The Balaban J connectivity index is 1.60. The maximum absolute atomic E-state index is 12.3. The summed E-state index contributed by atoms with van der Waals surface area (Å²) in [6.45, 7) is 5.85. The highest BCUT2D eigenvalue weighted by Gasteiger charge is 2.20. The number of hydrogen-bond donors (Lipinski definition) is 0. The number of hydrogen-bond acceptors (Lipinski definition) is 7. The van der Waals surface area contributed by atoms with E-state index in [4.69, 9.17) is 14.0 Å². The Morgan fingerprint density at radius 3 is 2.70 bits per heavy atom. The minimum atomic E-state index is 0.130. The van der Waals surface area contributed by atoms with Crippen molar-refractivity contribution >= 4 is 5.91 Å². The molecule has 0 bridgehead atoms. The van der Waals surface area contributed by atoms with Crippen molar-refractivity contribution in [1.82, 2.24) is 19.9 Å². The lowest BCUT2D eigenvalue weighted by Gasteiger charge is -2.32. The van der Waals surface area contributed by atoms with Gasteiger partial charge in [-0.3, -0.25) is 4.79 Å². The quantitative estimate of drug-likeness (QED) is 0.731. The van der Waals surface area contributed by atoms with Gasteiger partial charge in [0.1, 0.15) is 0 Å². The molecule has 0 spiro atoms. The van der Waals surface area contributed by atoms with Gasteiger partial charge < -0.3 is 23.8 Å². The van der Waals surface area contributed by atoms with E-state index in [0.717, 1.165) is 31.7 Å². The molecular formula is C19H26N4O4. The van der Waals surface area contributed by atoms with E-state index in [1.54, 1.807) is 7.11 Å². The number of likely N-dealkylation sites (N-methyl/N-ethyl adjacent to an activating group) is 1. The molecule has 0 atom stereocenters. The summed E-state index contributed by atoms with van der Waals surface area (Å²) in [6.07, 6.45) is 0.810. The smallest absolute Gasteiger partial charge is 0.227 e. The number of amides is 1. The van der Waals surface area contributed by atoms with Gasteiger partial charge in [0, 0.05) is 44.6 Å². The fraction of sp³-hybridized carbons (Fsp3) is 0.526. The van der Waals surface area contributed by atoms with Gasteiger partial charge in [-0.05, 0) is 32.2 Å². The summed E-state index contributed by atoms with van der Waals surface area (Å²) in [6, 6.07) is 5.50. The monoisotopic (exact) mass is 374 g/mol. The lowest BCUT2D eigenvalue weighted by molar-refractivity contribution is -0.132. The van der Waals surface area contributed by atoms with E-state index in [-0.39, 0.29) is 5.91 Å². The molecule has 0 N–H and O–H groups in total. The molecule has 1 aliphatic rings. The van der Waals surface area contributed by atoms with Crippen molar-refractivity contribution in [3.8, 4) is 22.9 Å². The molecule has 8 nitrogen and oxygen atoms in total. The zero-order valence-electron chi connectivity index (χ0n) is 16.1. The third kappa shape index (κ3) is 4.77. The maximum atomic E-state index is 12.3. The van der Waals surface area contributed by atoms with Crippen molar-refractivity contribution in [2.24, 2.45) is 0 Å². The molecule has 0 aliphatic carbocycles. The standard InChI is InChI=1S/C19H26N4O4/c1-4-26-15-6-5-14(13-16(15)25-3)19-20-17(27-21-19)7-8-18(24)23-11-9-22(2)10-12-23/h5-6,13H,4,7-12H2,1-3H3. The molecule has 1 saturated heterocycles. The largest absolute Gasteiger partial charge is 0.493 e. The number of carbonyl (C=O) groups is 1. The lowest BCUT2D eigenvalue weighted by atomic mass is 10.2. The molecule has 2 aromatic rings. The van der Waals surface area contributed by atoms with Crippen molar-refractivity contribution in [2.75, 3.05) is 46.9 Å². The van der Waals surface area contributed by atoms with Crippen LogP contribution < -0.4 is 9.47 Å². The average molecular weight is 374 g/mol. The first-order valence-corrected chi connectivity index (χ1v) is 9.20. The number of benzene rings is 1. The molecule has 1 fully saturated rings. The number of aryl methyl sites for hydroxylation is 1. The Morgan fingerprint density at radius 2 is 2.00 bits per heavy atom. The third-order valence-corrected chi connectivity index (χ3v) is 4.60. The molecule has 3 rings (SSSR count). The predicted octanol–water partition coefficient (Wildman–Crippen LogP) is 1.85. The number of nitrogens with zero attached hydrogens (tertiary/aromatic N) is 4. The summed E-state index contributed by atoms with van der Waals surface area (Å²) in [5, 5.41) is 4.02. The second-order valence-electron chi connectivity index (χ2n) is 6.49. The van der Waals surface area contributed by atoms with Gasteiger partial charge in [-0.2, -0.15) is 4.98 Å². The first kappa shape index (κ1) is 19.2. The second-order valence-corrected chi connectivity index (χ2v) is 6.49. The lowest BCUT2D eigenvalue weighted by Crippen LogP contribution is -2.47. The molecule has 27 heavy (non-hydrogen) atoms. The van der Waals surface area contributed by atoms with E-state index < -0.39 is 0 Å². The molecule has 1 aromatic carbocycles. The number of carbonyl (C=O) groups excluding carboxylic acids is 1. The molecule has 1 aliphatic heterocycles. The molecule has 1 aromatic heterocycles. The van der Waals surface area contributed by atoms with Gasteiger partial charge in [0.05, 0.1) is 13.7 Å². The summed E-state index contributed by atoms with van der Waals surface area (Å²) in [7, 11) is 3.66. The third-order valence-electron chi connectivity index (χ3n) is 4.60. The van der Waals surface area contributed by atoms with E-state index >= 15 is 0 Å². The van der Waals surface area contributed by atoms with Gasteiger partial charge >= 0.3 is 0 Å². The molecule has 1 amide bonds. The predicted molar refractivity (Wildman–Crippen MR) is 99.9 cm³/mol. The molecular weight excluding hydrogens is 348 g/mol. The van der Waals surface area contributed by atoms with Crippen LogP contribution in [0.25, 0.3) is 11.4 Å². The number of rotatable bonds is 7. The van der Waals surface area contributed by atoms with Crippen LogP contribution in [-0.2, 0) is 11.2 Å². The van der Waals surface area contributed by atoms with Crippen LogP contribution in [0.4, 0.5) is 0 Å². The fourth-order valence-electron chi connectivity index (χ4n) is 2.98. The highest BCUT2D eigenvalue weighted by molar-refractivity contribution is 5.76. The van der Waals surface area contributed by atoms with Crippen LogP contribution in [0.5, 0.6) is 11.5 Å². The first-order chi connectivity index (χ1) is 13.1. The molecule has 0 radical (unpaired) electrons. The van der Waals surface area contributed by atoms with Crippen LogP contribution in [0.1, 0.15) is 19.2 Å². The zero-order chi connectivity index (χ0) is 19.2. The zero-order valence-corrected chi connectivity index (χ0v) is 16.1. The van der Waals surface area contributed by atoms with E-state index in [0.29, 0.717) is 42.7 Å². The van der Waals surface area contributed by atoms with Gasteiger partial charge in [-0.15, -0.1) is 0 Å². The summed E-state index contributed by atoms with van der Waals surface area (Å²) < 4.78 is 16.2. The van der Waals surface area contributed by atoms with Crippen LogP contribution in [0.15, 0.2) is 22.7 Å². The number of ether oxygens (including phenoxy) is 2. The number of aromatic nitrogens is 2. The van der Waals surface area contributed by atoms with Crippen LogP contribution >= 0.6 is 0 Å². The van der Waals surface area contributed by atoms with Crippen molar-refractivity contribution < 1.29 is 18.8 Å². The van der Waals surface area contributed by atoms with E-state index in [2.05, 4.69) is 22.1 Å². The molecule has 0 saturated carbocycles. The van der Waals surface area contributed by atoms with E-state index in [9.17, 15) is 4.79 Å². The summed E-state index contributed by atoms with van der Waals surface area (Å²) in [5.74, 6) is 2.35. The Labute approximate surface area is 159 Å². The van der Waals surface area contributed by atoms with Gasteiger partial charge in [0.15, 0.2) is 11.5 Å². The van der Waals surface area contributed by atoms with Crippen molar-refractivity contribution in [2.45, 2.75) is 19.8 Å². The minimum absolute atomic E-state index is 0.130. The van der Waals surface area contributed by atoms with Crippen molar-refractivity contribution in [1.29, 1.82) is 0 Å². The average Bonchev–Trinajstić information content (AvgIpc) is 3.16. The maximum Gasteiger partial charge on any atom is 0.227 e. The van der Waals surface area contributed by atoms with E-state index in [1.165, 1.54) is 0 Å². The van der Waals surface area contributed by atoms with Crippen molar-refractivity contribution in [3.05, 3.63) is 24.1 Å². The van der Waals surface area contributed by atoms with Crippen LogP contribution in [-0.4, -0.2) is 72.8 Å². The van der Waals surface area contributed by atoms with Crippen molar-refractivity contribution in [3.63, 3.8) is 0 Å². The van der Waals surface area contributed by atoms with Gasteiger partial charge in [-0.25, -0.2) is 0 Å². The SMILES string of the molecule is CCOc1ccc(-c2noc(CCC(=O)N3CCN(C)CC3)n2)cc1OC. The van der Waals surface area contributed by atoms with Crippen LogP contribution in [0, 0.1) is 0 Å². The van der Waals surface area contributed by atoms with Gasteiger partial charge in [0.2, 0.25) is 17.6 Å². The highest BCUT2D eigenvalue weighted by atomic mass is 16.5. The topological polar surface area (TPSA) is 80.9 Å². The molecule has 8 heteroatoms. The van der Waals surface area contributed by atoms with Crippen LogP contribution in [0.2, 0.25) is 0 Å². The summed E-state index contributed by atoms with van der Waals surface area (Å²) in [4.78, 5) is 20.9. The molecule has 2 heterocycles. The first-order valence-electron chi connectivity index (χ1n) is 9.20. The molecule has 146 valence electrons. The number of piperazine rings is 1. The summed E-state index contributed by atoms with van der Waals surface area (Å²) in [5.41, 5.74) is 0.774. The summed E-state index contributed by atoms with van der Waals surface area (Å²) >= 11 is 0. The minimum Gasteiger partial charge on any atom is -0.493 e. The highest BCUT2D eigenvalue weighted by Crippen LogP contribution is 2.31. The van der Waals surface area contributed by atoms with Crippen LogP contribution in [0.3, 0.4) is 0 Å². The fourth-order valence-corrected chi connectivity index (χ4v) is 2.98. The molecule has 0 unspecified atom stereocenters. The van der Waals surface area contributed by atoms with E-state index in [1.807, 2.05) is 30.0 Å². The Bertz CT molecular complexity index is 769.